The van der Waals surface area contributed by atoms with E-state index in [0.29, 0.717) is 18.7 Å². The molecule has 0 atom stereocenters. The van der Waals surface area contributed by atoms with Gasteiger partial charge in [-0.15, -0.1) is 5.10 Å². The Bertz CT molecular complexity index is 991. The van der Waals surface area contributed by atoms with E-state index >= 15 is 0 Å². The first kappa shape index (κ1) is 20.2. The van der Waals surface area contributed by atoms with Gasteiger partial charge in [0.2, 0.25) is 5.89 Å². The topological polar surface area (TPSA) is 93.2 Å². The van der Waals surface area contributed by atoms with E-state index in [1.807, 2.05) is 35.4 Å². The molecular weight excluding hydrogens is 382 g/mol. The maximum Gasteiger partial charge on any atom is 0.253 e. The number of hydrogen-bond acceptors (Lipinski definition) is 7. The van der Waals surface area contributed by atoms with Crippen molar-refractivity contribution in [2.45, 2.75) is 39.2 Å². The molecule has 1 aliphatic rings. The Kier molecular flexibility index (Phi) is 5.63. The van der Waals surface area contributed by atoms with Crippen molar-refractivity contribution in [3.8, 4) is 5.69 Å². The summed E-state index contributed by atoms with van der Waals surface area (Å²) in [7, 11) is 0. The van der Waals surface area contributed by atoms with Crippen molar-refractivity contribution in [2.75, 3.05) is 26.2 Å². The predicted octanol–water partition coefficient (Wildman–Crippen LogP) is 2.30. The van der Waals surface area contributed by atoms with Crippen molar-refractivity contribution in [3.63, 3.8) is 0 Å². The van der Waals surface area contributed by atoms with Gasteiger partial charge in [-0.2, -0.15) is 0 Å². The molecule has 3 aromatic rings. The van der Waals surface area contributed by atoms with Crippen molar-refractivity contribution < 1.29 is 9.21 Å². The molecule has 0 spiro atoms. The van der Waals surface area contributed by atoms with E-state index in [4.69, 9.17) is 4.42 Å². The van der Waals surface area contributed by atoms with Crippen LogP contribution in [0, 0.1) is 0 Å². The Morgan fingerprint density at radius 1 is 1.17 bits per heavy atom. The number of carbonyl (C=O) groups is 1. The molecule has 2 aromatic heterocycles. The van der Waals surface area contributed by atoms with Gasteiger partial charge in [0.15, 0.2) is 0 Å². The quantitative estimate of drug-likeness (QED) is 0.653. The van der Waals surface area contributed by atoms with Gasteiger partial charge in [-0.25, -0.2) is 9.67 Å². The highest BCUT2D eigenvalue weighted by atomic mass is 16.4. The summed E-state index contributed by atoms with van der Waals surface area (Å²) in [5.41, 5.74) is 1.35. The summed E-state index contributed by atoms with van der Waals surface area (Å²) in [4.78, 5) is 21.7. The van der Waals surface area contributed by atoms with Crippen LogP contribution in [0.3, 0.4) is 0 Å². The second kappa shape index (κ2) is 8.35. The third-order valence-corrected chi connectivity index (χ3v) is 5.23. The molecule has 0 unspecified atom stereocenters. The minimum absolute atomic E-state index is 0.0258. The van der Waals surface area contributed by atoms with E-state index in [9.17, 15) is 4.79 Å². The van der Waals surface area contributed by atoms with Crippen molar-refractivity contribution in [1.82, 2.24) is 35.0 Å². The summed E-state index contributed by atoms with van der Waals surface area (Å²) >= 11 is 0. The number of amides is 1. The first-order chi connectivity index (χ1) is 14.4. The molecule has 0 saturated carbocycles. The first-order valence-corrected chi connectivity index (χ1v) is 10.2. The number of hydrogen-bond donors (Lipinski definition) is 0. The highest BCUT2D eigenvalue weighted by molar-refractivity contribution is 5.94. The minimum atomic E-state index is -0.0515. The van der Waals surface area contributed by atoms with Gasteiger partial charge in [-0.1, -0.05) is 26.8 Å². The summed E-state index contributed by atoms with van der Waals surface area (Å²) in [6.45, 7) is 10.1. The van der Waals surface area contributed by atoms with Gasteiger partial charge in [0.05, 0.1) is 18.4 Å². The van der Waals surface area contributed by atoms with E-state index in [1.54, 1.807) is 4.68 Å². The first-order valence-electron chi connectivity index (χ1n) is 10.2. The molecular formula is C21H27N7O2. The minimum Gasteiger partial charge on any atom is -0.444 e. The number of tetrazole rings is 1. The maximum absolute atomic E-state index is 13.1. The van der Waals surface area contributed by atoms with Crippen LogP contribution in [0.1, 0.15) is 49.2 Å². The van der Waals surface area contributed by atoms with Gasteiger partial charge < -0.3 is 9.32 Å². The Balaban J connectivity index is 1.39. The molecule has 0 aliphatic carbocycles. The molecule has 4 rings (SSSR count). The molecule has 0 bridgehead atoms. The predicted molar refractivity (Wildman–Crippen MR) is 110 cm³/mol. The fourth-order valence-corrected chi connectivity index (χ4v) is 3.50. The lowest BCUT2D eigenvalue weighted by molar-refractivity contribution is 0.0760. The molecule has 1 aliphatic heterocycles. The third kappa shape index (κ3) is 4.56. The lowest BCUT2D eigenvalue weighted by Gasteiger charge is -2.21. The highest BCUT2D eigenvalue weighted by Gasteiger charge is 2.23. The molecule has 9 heteroatoms. The van der Waals surface area contributed by atoms with Crippen LogP contribution in [-0.2, 0) is 12.0 Å². The fourth-order valence-electron chi connectivity index (χ4n) is 3.50. The lowest BCUT2D eigenvalue weighted by atomic mass is 9.94. The highest BCUT2D eigenvalue weighted by Crippen LogP contribution is 2.23. The smallest absolute Gasteiger partial charge is 0.253 e. The van der Waals surface area contributed by atoms with E-state index in [0.717, 1.165) is 43.4 Å². The molecule has 3 heterocycles. The van der Waals surface area contributed by atoms with E-state index in [2.05, 4.69) is 46.2 Å². The van der Waals surface area contributed by atoms with E-state index in [1.165, 1.54) is 6.33 Å². The van der Waals surface area contributed by atoms with Gasteiger partial charge in [-0.3, -0.25) is 9.69 Å². The van der Waals surface area contributed by atoms with Gasteiger partial charge in [0, 0.05) is 37.2 Å². The number of aromatic nitrogens is 5. The van der Waals surface area contributed by atoms with Gasteiger partial charge in [0.25, 0.3) is 5.91 Å². The normalized spacial score (nSPS) is 15.9. The van der Waals surface area contributed by atoms with Crippen molar-refractivity contribution in [2.24, 2.45) is 0 Å². The Hall–Kier alpha value is -3.07. The number of rotatable bonds is 4. The summed E-state index contributed by atoms with van der Waals surface area (Å²) < 4.78 is 7.48. The average Bonchev–Trinajstić information content (AvgIpc) is 3.37. The van der Waals surface area contributed by atoms with Crippen molar-refractivity contribution in [1.29, 1.82) is 0 Å². The van der Waals surface area contributed by atoms with Gasteiger partial charge >= 0.3 is 0 Å². The van der Waals surface area contributed by atoms with E-state index in [-0.39, 0.29) is 11.3 Å². The van der Waals surface area contributed by atoms with Crippen LogP contribution in [-0.4, -0.2) is 67.1 Å². The largest absolute Gasteiger partial charge is 0.444 e. The molecule has 158 valence electrons. The van der Waals surface area contributed by atoms with Crippen molar-refractivity contribution in [3.05, 3.63) is 54.0 Å². The Morgan fingerprint density at radius 3 is 2.77 bits per heavy atom. The molecule has 1 fully saturated rings. The number of nitrogens with zero attached hydrogens (tertiary/aromatic N) is 7. The van der Waals surface area contributed by atoms with Gasteiger partial charge in [-0.05, 0) is 35.0 Å². The van der Waals surface area contributed by atoms with Crippen molar-refractivity contribution >= 4 is 5.91 Å². The van der Waals surface area contributed by atoms with Gasteiger partial charge in [0.1, 0.15) is 12.1 Å². The molecule has 0 radical (unpaired) electrons. The molecule has 1 amide bonds. The van der Waals surface area contributed by atoms with Crippen LogP contribution >= 0.6 is 0 Å². The summed E-state index contributed by atoms with van der Waals surface area (Å²) in [6.07, 6.45) is 4.24. The Morgan fingerprint density at radius 2 is 2.03 bits per heavy atom. The van der Waals surface area contributed by atoms with Crippen LogP contribution in [0.15, 0.2) is 41.2 Å². The molecule has 30 heavy (non-hydrogen) atoms. The second-order valence-electron chi connectivity index (χ2n) is 8.59. The number of oxazole rings is 1. The zero-order valence-corrected chi connectivity index (χ0v) is 17.7. The van der Waals surface area contributed by atoms with Crippen LogP contribution in [0.2, 0.25) is 0 Å². The summed E-state index contributed by atoms with van der Waals surface area (Å²) in [6, 6.07) is 7.38. The summed E-state index contributed by atoms with van der Waals surface area (Å²) in [5.74, 6) is 1.65. The molecule has 1 aromatic carbocycles. The second-order valence-corrected chi connectivity index (χ2v) is 8.59. The van der Waals surface area contributed by atoms with E-state index < -0.39 is 0 Å². The average molecular weight is 409 g/mol. The van der Waals surface area contributed by atoms with Crippen LogP contribution < -0.4 is 0 Å². The lowest BCUT2D eigenvalue weighted by Crippen LogP contribution is -2.35. The molecule has 0 N–H and O–H groups in total. The molecule has 1 saturated heterocycles. The third-order valence-electron chi connectivity index (χ3n) is 5.23. The van der Waals surface area contributed by atoms with Crippen LogP contribution in [0.5, 0.6) is 0 Å². The monoisotopic (exact) mass is 409 g/mol. The zero-order chi connectivity index (χ0) is 21.1. The fraction of sp³-hybridized carbons (Fsp3) is 0.476. The number of benzene rings is 1. The SMILES string of the molecule is CC(C)(C)c1cnc(CN2CCCN(C(=O)c3cccc(-n4cnnn4)c3)CC2)o1. The Labute approximate surface area is 175 Å². The zero-order valence-electron chi connectivity index (χ0n) is 17.7. The van der Waals surface area contributed by atoms with Crippen LogP contribution in [0.4, 0.5) is 0 Å². The van der Waals surface area contributed by atoms with Crippen LogP contribution in [0.25, 0.3) is 5.69 Å². The number of carbonyl (C=O) groups excluding carboxylic acids is 1. The summed E-state index contributed by atoms with van der Waals surface area (Å²) in [5, 5.41) is 11.2. The maximum atomic E-state index is 13.1. The molecule has 9 nitrogen and oxygen atoms in total. The standard InChI is InChI=1S/C21H27N7O2/c1-21(2,3)18-13-22-19(30-18)14-26-8-5-9-27(11-10-26)20(29)16-6-4-7-17(12-16)28-15-23-24-25-28/h4,6-7,12-13,15H,5,8-11,14H2,1-3H3.